The molecular weight excluding hydrogens is 354 g/mol. The van der Waals surface area contributed by atoms with Gasteiger partial charge in [0.25, 0.3) is 5.89 Å². The number of hydrogen-bond acceptors (Lipinski definition) is 5. The second-order valence-electron chi connectivity index (χ2n) is 6.99. The fourth-order valence-electron chi connectivity index (χ4n) is 3.08. The molecule has 4 rings (SSSR count). The SMILES string of the molecule is Cc1ccc(-c2nnc([C@@H](C)OC(=O)c3ccc4[nH]c(C)c(C)c4c3)o2)cc1. The number of aryl methyl sites for hydroxylation is 3. The van der Waals surface area contributed by atoms with Crippen LogP contribution in [-0.4, -0.2) is 21.2 Å². The maximum atomic E-state index is 12.6. The second kappa shape index (κ2) is 6.96. The molecule has 28 heavy (non-hydrogen) atoms. The fourth-order valence-corrected chi connectivity index (χ4v) is 3.08. The van der Waals surface area contributed by atoms with Gasteiger partial charge in [-0.2, -0.15) is 0 Å². The summed E-state index contributed by atoms with van der Waals surface area (Å²) >= 11 is 0. The third kappa shape index (κ3) is 3.29. The van der Waals surface area contributed by atoms with E-state index < -0.39 is 12.1 Å². The van der Waals surface area contributed by atoms with Gasteiger partial charge in [0.2, 0.25) is 5.89 Å². The van der Waals surface area contributed by atoms with Gasteiger partial charge in [-0.1, -0.05) is 17.7 Å². The monoisotopic (exact) mass is 375 g/mol. The zero-order valence-electron chi connectivity index (χ0n) is 16.2. The summed E-state index contributed by atoms with van der Waals surface area (Å²) in [5.41, 5.74) is 5.67. The predicted molar refractivity (Wildman–Crippen MR) is 106 cm³/mol. The molecule has 0 spiro atoms. The molecule has 4 aromatic rings. The molecule has 0 aliphatic heterocycles. The van der Waals surface area contributed by atoms with Crippen LogP contribution in [0.1, 0.15) is 46.1 Å². The molecule has 142 valence electrons. The van der Waals surface area contributed by atoms with Crippen LogP contribution in [0.25, 0.3) is 22.4 Å². The molecule has 2 heterocycles. The lowest BCUT2D eigenvalue weighted by Crippen LogP contribution is -2.09. The molecule has 2 aromatic carbocycles. The minimum Gasteiger partial charge on any atom is -0.449 e. The summed E-state index contributed by atoms with van der Waals surface area (Å²) < 4.78 is 11.2. The summed E-state index contributed by atoms with van der Waals surface area (Å²) in [5, 5.41) is 9.10. The number of carbonyl (C=O) groups excluding carboxylic acids is 1. The van der Waals surface area contributed by atoms with E-state index in [1.165, 1.54) is 0 Å². The number of benzene rings is 2. The van der Waals surface area contributed by atoms with Gasteiger partial charge in [-0.3, -0.25) is 0 Å². The van der Waals surface area contributed by atoms with Crippen LogP contribution in [0.5, 0.6) is 0 Å². The van der Waals surface area contributed by atoms with Crippen LogP contribution in [-0.2, 0) is 4.74 Å². The van der Waals surface area contributed by atoms with Crippen LogP contribution in [0, 0.1) is 20.8 Å². The zero-order valence-corrected chi connectivity index (χ0v) is 16.2. The molecule has 6 heteroatoms. The highest BCUT2D eigenvalue weighted by molar-refractivity contribution is 5.96. The van der Waals surface area contributed by atoms with Gasteiger partial charge in [0.15, 0.2) is 6.10 Å². The first-order chi connectivity index (χ1) is 13.4. The van der Waals surface area contributed by atoms with E-state index in [1.807, 2.05) is 57.2 Å². The van der Waals surface area contributed by atoms with Crippen LogP contribution in [0.2, 0.25) is 0 Å². The second-order valence-corrected chi connectivity index (χ2v) is 6.99. The lowest BCUT2D eigenvalue weighted by molar-refractivity contribution is 0.0280. The Balaban J connectivity index is 1.52. The van der Waals surface area contributed by atoms with E-state index >= 15 is 0 Å². The third-order valence-electron chi connectivity index (χ3n) is 4.91. The molecule has 6 nitrogen and oxygen atoms in total. The number of aromatic amines is 1. The van der Waals surface area contributed by atoms with Crippen molar-refractivity contribution in [1.82, 2.24) is 15.2 Å². The molecule has 0 unspecified atom stereocenters. The summed E-state index contributed by atoms with van der Waals surface area (Å²) in [6.07, 6.45) is -0.649. The Morgan fingerprint density at radius 2 is 1.82 bits per heavy atom. The summed E-state index contributed by atoms with van der Waals surface area (Å²) in [7, 11) is 0. The van der Waals surface area contributed by atoms with Crippen LogP contribution in [0.4, 0.5) is 0 Å². The van der Waals surface area contributed by atoms with E-state index in [0.717, 1.165) is 33.3 Å². The van der Waals surface area contributed by atoms with Crippen molar-refractivity contribution in [3.63, 3.8) is 0 Å². The summed E-state index contributed by atoms with van der Waals surface area (Å²) in [4.78, 5) is 15.9. The highest BCUT2D eigenvalue weighted by Crippen LogP contribution is 2.26. The fraction of sp³-hybridized carbons (Fsp3) is 0.227. The van der Waals surface area contributed by atoms with Crippen molar-refractivity contribution in [2.24, 2.45) is 0 Å². The first-order valence-corrected chi connectivity index (χ1v) is 9.12. The normalized spacial score (nSPS) is 12.3. The summed E-state index contributed by atoms with van der Waals surface area (Å²) in [5.74, 6) is 0.235. The van der Waals surface area contributed by atoms with Crippen LogP contribution in [0.3, 0.4) is 0 Å². The predicted octanol–water partition coefficient (Wildman–Crippen LogP) is 5.06. The molecule has 0 amide bonds. The van der Waals surface area contributed by atoms with Crippen molar-refractivity contribution < 1.29 is 13.9 Å². The van der Waals surface area contributed by atoms with E-state index in [0.29, 0.717) is 11.5 Å². The molecule has 0 aliphatic rings. The topological polar surface area (TPSA) is 81.0 Å². The molecule has 0 bridgehead atoms. The number of aromatic nitrogens is 3. The molecule has 0 radical (unpaired) electrons. The first-order valence-electron chi connectivity index (χ1n) is 9.12. The van der Waals surface area contributed by atoms with Crippen LogP contribution >= 0.6 is 0 Å². The zero-order chi connectivity index (χ0) is 19.8. The Bertz CT molecular complexity index is 1160. The van der Waals surface area contributed by atoms with Gasteiger partial charge in [0.05, 0.1) is 5.56 Å². The highest BCUT2D eigenvalue weighted by Gasteiger charge is 2.20. The molecule has 0 saturated heterocycles. The molecule has 2 aromatic heterocycles. The van der Waals surface area contributed by atoms with E-state index in [2.05, 4.69) is 15.2 Å². The van der Waals surface area contributed by atoms with Gasteiger partial charge >= 0.3 is 5.97 Å². The van der Waals surface area contributed by atoms with Crippen molar-refractivity contribution in [3.05, 3.63) is 70.7 Å². The maximum absolute atomic E-state index is 12.6. The summed E-state index contributed by atoms with van der Waals surface area (Å²) in [6.45, 7) is 7.76. The number of ether oxygens (including phenoxy) is 1. The van der Waals surface area contributed by atoms with E-state index in [-0.39, 0.29) is 5.89 Å². The number of fused-ring (bicyclic) bond motifs is 1. The third-order valence-corrected chi connectivity index (χ3v) is 4.91. The van der Waals surface area contributed by atoms with Gasteiger partial charge in [0.1, 0.15) is 0 Å². The minimum atomic E-state index is -0.649. The number of esters is 1. The van der Waals surface area contributed by atoms with Gasteiger partial charge < -0.3 is 14.1 Å². The maximum Gasteiger partial charge on any atom is 0.338 e. The van der Waals surface area contributed by atoms with Gasteiger partial charge in [-0.25, -0.2) is 4.79 Å². The van der Waals surface area contributed by atoms with Crippen molar-refractivity contribution in [3.8, 4) is 11.5 Å². The Morgan fingerprint density at radius 1 is 1.07 bits per heavy atom. The Labute approximate surface area is 162 Å². The number of nitrogens with zero attached hydrogens (tertiary/aromatic N) is 2. The molecular formula is C22H21N3O3. The lowest BCUT2D eigenvalue weighted by atomic mass is 10.1. The average molecular weight is 375 g/mol. The van der Waals surface area contributed by atoms with Gasteiger partial charge in [-0.05, 0) is 63.6 Å². The van der Waals surface area contributed by atoms with Gasteiger partial charge in [-0.15, -0.1) is 10.2 Å². The smallest absolute Gasteiger partial charge is 0.338 e. The van der Waals surface area contributed by atoms with Gasteiger partial charge in [0, 0.05) is 22.2 Å². The number of carbonyl (C=O) groups is 1. The van der Waals surface area contributed by atoms with Crippen molar-refractivity contribution >= 4 is 16.9 Å². The van der Waals surface area contributed by atoms with Crippen LogP contribution in [0.15, 0.2) is 46.9 Å². The first kappa shape index (κ1) is 18.0. The summed E-state index contributed by atoms with van der Waals surface area (Å²) in [6, 6.07) is 13.3. The molecule has 0 fully saturated rings. The van der Waals surface area contributed by atoms with E-state index in [1.54, 1.807) is 13.0 Å². The Hall–Kier alpha value is -3.41. The highest BCUT2D eigenvalue weighted by atomic mass is 16.6. The van der Waals surface area contributed by atoms with E-state index in [4.69, 9.17) is 9.15 Å². The molecule has 0 aliphatic carbocycles. The van der Waals surface area contributed by atoms with Crippen molar-refractivity contribution in [2.75, 3.05) is 0 Å². The van der Waals surface area contributed by atoms with E-state index in [9.17, 15) is 4.79 Å². The quantitative estimate of drug-likeness (QED) is 0.504. The number of nitrogens with one attached hydrogen (secondary N) is 1. The Kier molecular flexibility index (Phi) is 4.47. The minimum absolute atomic E-state index is 0.263. The molecule has 1 atom stereocenters. The number of H-pyrrole nitrogens is 1. The average Bonchev–Trinajstić information content (AvgIpc) is 3.28. The lowest BCUT2D eigenvalue weighted by Gasteiger charge is -2.09. The largest absolute Gasteiger partial charge is 0.449 e. The number of hydrogen-bond donors (Lipinski definition) is 1. The van der Waals surface area contributed by atoms with Crippen molar-refractivity contribution in [1.29, 1.82) is 0 Å². The molecule has 0 saturated carbocycles. The van der Waals surface area contributed by atoms with Crippen molar-refractivity contribution in [2.45, 2.75) is 33.8 Å². The number of rotatable bonds is 4. The standard InChI is InChI=1S/C22H21N3O3/c1-12-5-7-16(8-6-12)21-25-24-20(28-21)15(4)27-22(26)17-9-10-19-18(11-17)13(2)14(3)23-19/h5-11,15,23H,1-4H3/t15-/m1/s1. The van der Waals surface area contributed by atoms with Crippen LogP contribution < -0.4 is 0 Å². The molecule has 1 N–H and O–H groups in total. The Morgan fingerprint density at radius 3 is 2.57 bits per heavy atom.